The number of hydrogen-bond acceptors (Lipinski definition) is 6. The van der Waals surface area contributed by atoms with E-state index in [-0.39, 0.29) is 59.4 Å². The van der Waals surface area contributed by atoms with Crippen molar-refractivity contribution in [1.29, 1.82) is 0 Å². The van der Waals surface area contributed by atoms with E-state index >= 15 is 0 Å². The van der Waals surface area contributed by atoms with E-state index in [4.69, 9.17) is 9.47 Å². The summed E-state index contributed by atoms with van der Waals surface area (Å²) in [6, 6.07) is 3.38. The molecule has 1 unspecified atom stereocenters. The zero-order chi connectivity index (χ0) is 38.4. The molecule has 1 saturated heterocycles. The van der Waals surface area contributed by atoms with Gasteiger partial charge in [0.2, 0.25) is 0 Å². The Morgan fingerprint density at radius 1 is 0.981 bits per heavy atom. The van der Waals surface area contributed by atoms with Crippen molar-refractivity contribution in [2.75, 3.05) is 19.7 Å². The van der Waals surface area contributed by atoms with Crippen LogP contribution in [0.4, 0.5) is 13.6 Å². The molecule has 7 aliphatic carbocycles. The third-order valence-corrected chi connectivity index (χ3v) is 16.5. The summed E-state index contributed by atoms with van der Waals surface area (Å²) < 4.78 is 41.3. The molecular formula is C45H61F2NO6. The molecule has 1 aliphatic heterocycles. The highest BCUT2D eigenvalue weighted by Gasteiger charge is 2.74. The van der Waals surface area contributed by atoms with Crippen molar-refractivity contribution in [3.05, 3.63) is 59.2 Å². The van der Waals surface area contributed by atoms with E-state index in [0.29, 0.717) is 62.7 Å². The molecule has 12 atom stereocenters. The highest BCUT2D eigenvalue weighted by molar-refractivity contribution is 6.10. The predicted molar refractivity (Wildman–Crippen MR) is 201 cm³/mol. The molecule has 1 amide bonds. The first-order valence-electron chi connectivity index (χ1n) is 21.0. The number of carbonyl (C=O) groups excluding carboxylic acids is 2. The van der Waals surface area contributed by atoms with Gasteiger partial charge >= 0.3 is 6.09 Å². The topological polar surface area (TPSA) is 96.3 Å². The number of allylic oxidation sites excluding steroid dienone is 4. The van der Waals surface area contributed by atoms with Crippen LogP contribution >= 0.6 is 0 Å². The summed E-state index contributed by atoms with van der Waals surface area (Å²) in [6.45, 7) is 12.2. The standard InChI is InChI=1S/C45H61F2NO6/c1-27(2)32-10-8-28(3)21-36(32)54-40(51)48(25-31-7-6-20-53-31)26-44(52)17-14-38-42(44,5)16-13-37-41(4)15-12-30(49)23-43(41)18-19-45(37,38)33(24-43)39(50)29-9-11-34(46)35(47)22-29/h9,11,18-19,22,24,27-28,30-32,36-38,49,52H,6-8,10,12-17,20-21,23,25-26H2,1-5H3/t28-,30?,31+,32+,36-,37+,38+,41+,42-,43-,44+,45+/m0/s1. The first-order chi connectivity index (χ1) is 25.6. The van der Waals surface area contributed by atoms with Gasteiger partial charge in [0, 0.05) is 34.0 Å². The number of ether oxygens (including phenoxy) is 2. The van der Waals surface area contributed by atoms with Crippen molar-refractivity contribution in [2.45, 2.75) is 136 Å². The number of fused-ring (bicyclic) bond motifs is 1. The van der Waals surface area contributed by atoms with E-state index in [1.54, 1.807) is 4.90 Å². The lowest BCUT2D eigenvalue weighted by molar-refractivity contribution is -0.176. The largest absolute Gasteiger partial charge is 0.446 e. The minimum atomic E-state index is -1.27. The molecule has 1 aromatic carbocycles. The molecule has 8 aliphatic rings. The highest BCUT2D eigenvalue weighted by atomic mass is 19.2. The molecular weight excluding hydrogens is 688 g/mol. The first kappa shape index (κ1) is 38.3. The summed E-state index contributed by atoms with van der Waals surface area (Å²) in [5.41, 5.74) is -2.82. The van der Waals surface area contributed by atoms with Crippen LogP contribution in [0, 0.1) is 62.9 Å². The van der Waals surface area contributed by atoms with Crippen LogP contribution in [-0.4, -0.2) is 70.6 Å². The number of hydrogen-bond donors (Lipinski definition) is 2. The lowest BCUT2D eigenvalue weighted by Crippen LogP contribution is -2.67. The van der Waals surface area contributed by atoms with Gasteiger partial charge in [-0.1, -0.05) is 59.3 Å². The number of aliphatic hydroxyl groups excluding tert-OH is 1. The Kier molecular flexibility index (Phi) is 9.57. The lowest BCUT2D eigenvalue weighted by atomic mass is 9.32. The molecule has 9 rings (SSSR count). The number of aliphatic hydroxyl groups is 2. The average Bonchev–Trinajstić information content (AvgIpc) is 3.74. The number of benzene rings is 1. The number of ketones is 1. The summed E-state index contributed by atoms with van der Waals surface area (Å²) in [7, 11) is 0. The third-order valence-electron chi connectivity index (χ3n) is 16.5. The minimum absolute atomic E-state index is 0.0476. The van der Waals surface area contributed by atoms with Crippen molar-refractivity contribution in [2.24, 2.45) is 51.2 Å². The smallest absolute Gasteiger partial charge is 0.410 e. The van der Waals surface area contributed by atoms with Gasteiger partial charge in [0.1, 0.15) is 6.10 Å². The number of nitrogens with zero attached hydrogens (tertiary/aromatic N) is 1. The van der Waals surface area contributed by atoms with E-state index in [1.165, 1.54) is 6.07 Å². The van der Waals surface area contributed by atoms with Crippen LogP contribution < -0.4 is 0 Å². The summed E-state index contributed by atoms with van der Waals surface area (Å²) >= 11 is 0. The van der Waals surface area contributed by atoms with Gasteiger partial charge in [0.05, 0.1) is 30.9 Å². The summed E-state index contributed by atoms with van der Waals surface area (Å²) in [6.07, 6.45) is 14.7. The van der Waals surface area contributed by atoms with E-state index < -0.39 is 39.6 Å². The number of halogens is 2. The quantitative estimate of drug-likeness (QED) is 0.204. The van der Waals surface area contributed by atoms with Gasteiger partial charge in [-0.05, 0) is 124 Å². The Hall–Kier alpha value is -2.62. The van der Waals surface area contributed by atoms with Gasteiger partial charge in [0.25, 0.3) is 0 Å². The Labute approximate surface area is 319 Å². The van der Waals surface area contributed by atoms with Crippen molar-refractivity contribution >= 4 is 11.9 Å². The van der Waals surface area contributed by atoms with E-state index in [1.807, 2.05) is 0 Å². The van der Waals surface area contributed by atoms with Gasteiger partial charge in [0.15, 0.2) is 17.4 Å². The van der Waals surface area contributed by atoms with Gasteiger partial charge in [-0.25, -0.2) is 13.6 Å². The molecule has 1 heterocycles. The van der Waals surface area contributed by atoms with E-state index in [9.17, 15) is 28.6 Å². The van der Waals surface area contributed by atoms with Gasteiger partial charge in [-0.3, -0.25) is 4.79 Å². The van der Waals surface area contributed by atoms with Crippen LogP contribution in [-0.2, 0) is 9.47 Å². The van der Waals surface area contributed by atoms with Crippen LogP contribution in [0.5, 0.6) is 0 Å². The first-order valence-corrected chi connectivity index (χ1v) is 21.0. The molecule has 0 radical (unpaired) electrons. The Morgan fingerprint density at radius 3 is 2.44 bits per heavy atom. The highest BCUT2D eigenvalue weighted by Crippen LogP contribution is 2.78. The monoisotopic (exact) mass is 749 g/mol. The summed E-state index contributed by atoms with van der Waals surface area (Å²) in [5, 5.41) is 24.1. The molecule has 7 nitrogen and oxygen atoms in total. The molecule has 2 N–H and O–H groups in total. The lowest BCUT2D eigenvalue weighted by Gasteiger charge is -2.71. The summed E-state index contributed by atoms with van der Waals surface area (Å²) in [4.78, 5) is 30.9. The van der Waals surface area contributed by atoms with Crippen LogP contribution in [0.1, 0.15) is 122 Å². The SMILES string of the molecule is CC(C)[C@H]1CC[C@H](C)C[C@@H]1OC(=O)N(C[C@H]1CCCO1)C[C@]1(O)CC[C@H]2[C@]34C=C[C@@]5(C=C3C(=O)c3ccc(F)c(F)c3)CC(O)CC[C@]5(C)[C@H]4CC[C@@]21C. The van der Waals surface area contributed by atoms with E-state index in [2.05, 4.69) is 52.8 Å². The van der Waals surface area contributed by atoms with E-state index in [0.717, 1.165) is 57.1 Å². The maximum absolute atomic E-state index is 14.8. The van der Waals surface area contributed by atoms with Crippen LogP contribution in [0.25, 0.3) is 0 Å². The van der Waals surface area contributed by atoms with Crippen molar-refractivity contribution < 1.29 is 38.1 Å². The molecule has 296 valence electrons. The molecule has 0 aromatic heterocycles. The fourth-order valence-electron chi connectivity index (χ4n) is 13.4. The fraction of sp³-hybridized carbons (Fsp3) is 0.733. The van der Waals surface area contributed by atoms with Gasteiger partial charge < -0.3 is 24.6 Å². The predicted octanol–water partition coefficient (Wildman–Crippen LogP) is 8.82. The Balaban J connectivity index is 1.16. The van der Waals surface area contributed by atoms with Crippen LogP contribution in [0.2, 0.25) is 0 Å². The molecule has 1 aromatic rings. The maximum atomic E-state index is 14.8. The van der Waals surface area contributed by atoms with Crippen LogP contribution in [0.15, 0.2) is 42.0 Å². The molecule has 5 fully saturated rings. The second kappa shape index (κ2) is 13.5. The molecule has 4 saturated carbocycles. The zero-order valence-corrected chi connectivity index (χ0v) is 32.9. The zero-order valence-electron chi connectivity index (χ0n) is 32.9. The molecule has 54 heavy (non-hydrogen) atoms. The molecule has 2 spiro atoms. The van der Waals surface area contributed by atoms with Crippen molar-refractivity contribution in [3.8, 4) is 0 Å². The average molecular weight is 750 g/mol. The minimum Gasteiger partial charge on any atom is -0.446 e. The number of rotatable bonds is 8. The number of Topliss-reactive ketones (excluding diaryl/α,β-unsaturated/α-hetero) is 1. The second-order valence-corrected chi connectivity index (χ2v) is 19.5. The number of amides is 1. The number of carbonyl (C=O) groups is 2. The Morgan fingerprint density at radius 2 is 1.72 bits per heavy atom. The third kappa shape index (κ3) is 5.70. The summed E-state index contributed by atoms with van der Waals surface area (Å²) in [5.74, 6) is -1.35. The van der Waals surface area contributed by atoms with Gasteiger partial charge in [-0.2, -0.15) is 0 Å². The normalized spacial score (nSPS) is 43.7. The van der Waals surface area contributed by atoms with Crippen LogP contribution in [0.3, 0.4) is 0 Å². The second-order valence-electron chi connectivity index (χ2n) is 19.5. The fourth-order valence-corrected chi connectivity index (χ4v) is 13.4. The molecule has 9 heteroatoms. The van der Waals surface area contributed by atoms with Crippen molar-refractivity contribution in [3.63, 3.8) is 0 Å². The van der Waals surface area contributed by atoms with Crippen molar-refractivity contribution in [1.82, 2.24) is 4.90 Å². The maximum Gasteiger partial charge on any atom is 0.410 e. The van der Waals surface area contributed by atoms with Gasteiger partial charge in [-0.15, -0.1) is 0 Å². The Bertz CT molecular complexity index is 1720. The molecule has 2 bridgehead atoms.